The van der Waals surface area contributed by atoms with E-state index in [0.717, 1.165) is 28.5 Å². The van der Waals surface area contributed by atoms with E-state index < -0.39 is 6.04 Å². The second kappa shape index (κ2) is 12.6. The fourth-order valence-corrected chi connectivity index (χ4v) is 5.26. The van der Waals surface area contributed by atoms with Gasteiger partial charge >= 0.3 is 0 Å². The van der Waals surface area contributed by atoms with Crippen LogP contribution in [0.1, 0.15) is 34.1 Å². The maximum atomic E-state index is 13.8. The monoisotopic (exact) mass is 557 g/mol. The van der Waals surface area contributed by atoms with Crippen LogP contribution in [-0.4, -0.2) is 42.2 Å². The van der Waals surface area contributed by atoms with Gasteiger partial charge in [0, 0.05) is 48.5 Å². The van der Waals surface area contributed by atoms with Crippen LogP contribution in [0.5, 0.6) is 5.75 Å². The highest BCUT2D eigenvalue weighted by molar-refractivity contribution is 5.80. The zero-order chi connectivity index (χ0) is 28.7. The average molecular weight is 558 g/mol. The summed E-state index contributed by atoms with van der Waals surface area (Å²) in [5.41, 5.74) is 4.39. The number of aromatic nitrogens is 6. The number of fused-ring (bicyclic) bond motifs is 1. The predicted molar refractivity (Wildman–Crippen MR) is 161 cm³/mol. The lowest BCUT2D eigenvalue weighted by molar-refractivity contribution is 0.193. The van der Waals surface area contributed by atoms with E-state index in [0.29, 0.717) is 36.8 Å². The van der Waals surface area contributed by atoms with E-state index in [2.05, 4.69) is 54.7 Å². The van der Waals surface area contributed by atoms with Crippen LogP contribution in [0.4, 0.5) is 0 Å². The molecular weight excluding hydrogens is 526 g/mol. The van der Waals surface area contributed by atoms with Crippen molar-refractivity contribution in [2.45, 2.75) is 32.1 Å². The zero-order valence-corrected chi connectivity index (χ0v) is 23.3. The Hall–Kier alpha value is -5.15. The van der Waals surface area contributed by atoms with Gasteiger partial charge in [-0.25, -0.2) is 4.68 Å². The predicted octanol–water partition coefficient (Wildman–Crippen LogP) is 4.95. The summed E-state index contributed by atoms with van der Waals surface area (Å²) < 4.78 is 7.29. The van der Waals surface area contributed by atoms with E-state index in [-0.39, 0.29) is 5.56 Å². The summed E-state index contributed by atoms with van der Waals surface area (Å²) in [6.45, 7) is 1.64. The lowest BCUT2D eigenvalue weighted by Crippen LogP contribution is -2.35. The van der Waals surface area contributed by atoms with E-state index in [1.54, 1.807) is 13.3 Å². The van der Waals surface area contributed by atoms with Crippen molar-refractivity contribution < 1.29 is 4.74 Å². The molecule has 0 aliphatic heterocycles. The van der Waals surface area contributed by atoms with Crippen LogP contribution in [-0.2, 0) is 26.1 Å². The Labute approximate surface area is 243 Å². The lowest BCUT2D eigenvalue weighted by Gasteiger charge is -2.31. The van der Waals surface area contributed by atoms with Gasteiger partial charge in [0.15, 0.2) is 5.82 Å². The second-order valence-electron chi connectivity index (χ2n) is 10.2. The molecule has 6 rings (SSSR count). The Morgan fingerprint density at radius 2 is 1.62 bits per heavy atom. The second-order valence-corrected chi connectivity index (χ2v) is 10.2. The first-order valence-electron chi connectivity index (χ1n) is 13.9. The number of aryl methyl sites for hydroxylation is 2. The van der Waals surface area contributed by atoms with Crippen LogP contribution >= 0.6 is 0 Å². The normalized spacial score (nSPS) is 12.0. The van der Waals surface area contributed by atoms with Crippen LogP contribution in [0.2, 0.25) is 0 Å². The molecule has 3 heterocycles. The molecule has 0 saturated carbocycles. The van der Waals surface area contributed by atoms with E-state index in [9.17, 15) is 4.79 Å². The van der Waals surface area contributed by atoms with Gasteiger partial charge in [-0.1, -0.05) is 66.7 Å². The molecule has 1 N–H and O–H groups in total. The minimum atomic E-state index is -0.560. The largest absolute Gasteiger partial charge is 0.497 e. The van der Waals surface area contributed by atoms with Gasteiger partial charge in [-0.15, -0.1) is 5.10 Å². The molecule has 1 atom stereocenters. The molecule has 9 heteroatoms. The fraction of sp³-hybridized carbons (Fsp3) is 0.182. The minimum absolute atomic E-state index is 0.195. The number of rotatable bonds is 11. The molecule has 9 nitrogen and oxygen atoms in total. The van der Waals surface area contributed by atoms with Crippen LogP contribution in [0, 0.1) is 0 Å². The van der Waals surface area contributed by atoms with Crippen LogP contribution in [0.25, 0.3) is 10.9 Å². The topological polar surface area (TPSA) is 102 Å². The summed E-state index contributed by atoms with van der Waals surface area (Å²) in [6.07, 6.45) is 4.36. The number of H-pyrrole nitrogens is 1. The maximum Gasteiger partial charge on any atom is 0.253 e. The highest BCUT2D eigenvalue weighted by Crippen LogP contribution is 2.31. The molecule has 42 heavy (non-hydrogen) atoms. The smallest absolute Gasteiger partial charge is 0.253 e. The van der Waals surface area contributed by atoms with Gasteiger partial charge in [0.05, 0.1) is 7.11 Å². The molecule has 6 aromatic rings. The van der Waals surface area contributed by atoms with Crippen molar-refractivity contribution in [2.75, 3.05) is 7.11 Å². The van der Waals surface area contributed by atoms with E-state index in [4.69, 9.17) is 4.74 Å². The first kappa shape index (κ1) is 27.0. The third-order valence-corrected chi connectivity index (χ3v) is 7.34. The summed E-state index contributed by atoms with van der Waals surface area (Å²) in [5.74, 6) is 1.31. The summed E-state index contributed by atoms with van der Waals surface area (Å²) >= 11 is 0. The molecule has 0 saturated heterocycles. The van der Waals surface area contributed by atoms with E-state index in [1.165, 1.54) is 5.56 Å². The lowest BCUT2D eigenvalue weighted by atomic mass is 10.0. The SMILES string of the molecule is COc1ccc2[nH]c(=O)c([C@H](c3nnnn3CCc3ccccc3)N(Cc3ccccc3)Cc3cccnc3)cc2c1. The van der Waals surface area contributed by atoms with Gasteiger partial charge in [-0.05, 0) is 63.9 Å². The Bertz CT molecular complexity index is 1760. The molecule has 210 valence electrons. The average Bonchev–Trinajstić information content (AvgIpc) is 3.49. The molecule has 3 aromatic heterocycles. The Balaban J connectivity index is 1.49. The zero-order valence-electron chi connectivity index (χ0n) is 23.3. The van der Waals surface area contributed by atoms with Crippen molar-refractivity contribution in [3.63, 3.8) is 0 Å². The first-order valence-corrected chi connectivity index (χ1v) is 13.9. The van der Waals surface area contributed by atoms with Crippen molar-refractivity contribution in [3.05, 3.63) is 148 Å². The van der Waals surface area contributed by atoms with Crippen molar-refractivity contribution in [1.82, 2.24) is 35.1 Å². The molecule has 0 amide bonds. The molecule has 0 fully saturated rings. The van der Waals surface area contributed by atoms with Gasteiger partial charge < -0.3 is 9.72 Å². The van der Waals surface area contributed by atoms with E-state index in [1.807, 2.05) is 83.7 Å². The van der Waals surface area contributed by atoms with Crippen LogP contribution < -0.4 is 10.3 Å². The van der Waals surface area contributed by atoms with Crippen LogP contribution in [0.3, 0.4) is 0 Å². The number of nitrogens with zero attached hydrogens (tertiary/aromatic N) is 6. The van der Waals surface area contributed by atoms with Crippen molar-refractivity contribution >= 4 is 10.9 Å². The maximum absolute atomic E-state index is 13.8. The molecule has 0 radical (unpaired) electrons. The molecule has 0 aliphatic carbocycles. The highest BCUT2D eigenvalue weighted by atomic mass is 16.5. The summed E-state index contributed by atoms with van der Waals surface area (Å²) in [4.78, 5) is 23.5. The summed E-state index contributed by atoms with van der Waals surface area (Å²) in [5, 5.41) is 13.9. The number of hydrogen-bond donors (Lipinski definition) is 1. The highest BCUT2D eigenvalue weighted by Gasteiger charge is 2.31. The van der Waals surface area contributed by atoms with Crippen molar-refractivity contribution in [2.24, 2.45) is 0 Å². The standard InChI is InChI=1S/C33H31N7O2/c1-42-28-14-15-30-27(19-28)20-29(33(41)35-30)31(32-36-37-38-40(32)18-16-24-9-4-2-5-10-24)39(22-25-11-6-3-7-12-25)23-26-13-8-17-34-21-26/h2-15,17,19-21,31H,16,18,22-23H2,1H3,(H,35,41)/t31-/m1/s1. The number of methoxy groups -OCH3 is 1. The third-order valence-electron chi connectivity index (χ3n) is 7.34. The van der Waals surface area contributed by atoms with Gasteiger partial charge in [0.25, 0.3) is 5.56 Å². The number of tetrazole rings is 1. The van der Waals surface area contributed by atoms with Crippen molar-refractivity contribution in [3.8, 4) is 5.75 Å². The molecule has 0 unspecified atom stereocenters. The molecule has 3 aromatic carbocycles. The molecule has 0 aliphatic rings. The number of aromatic amines is 1. The van der Waals surface area contributed by atoms with Gasteiger partial charge in [-0.2, -0.15) is 0 Å². The minimum Gasteiger partial charge on any atom is -0.497 e. The quantitative estimate of drug-likeness (QED) is 0.240. The Kier molecular flexibility index (Phi) is 8.09. The number of benzene rings is 3. The van der Waals surface area contributed by atoms with Gasteiger partial charge in [0.2, 0.25) is 0 Å². The fourth-order valence-electron chi connectivity index (χ4n) is 5.26. The molecule has 0 spiro atoms. The molecule has 0 bridgehead atoms. The summed E-state index contributed by atoms with van der Waals surface area (Å²) in [6, 6.07) is 31.4. The summed E-state index contributed by atoms with van der Waals surface area (Å²) in [7, 11) is 1.63. The molecular formula is C33H31N7O2. The number of pyridine rings is 2. The Morgan fingerprint density at radius 1 is 0.881 bits per heavy atom. The number of ether oxygens (including phenoxy) is 1. The number of hydrogen-bond acceptors (Lipinski definition) is 7. The third kappa shape index (κ3) is 6.11. The van der Waals surface area contributed by atoms with Crippen molar-refractivity contribution in [1.29, 1.82) is 0 Å². The van der Waals surface area contributed by atoms with Gasteiger partial charge in [-0.3, -0.25) is 14.7 Å². The van der Waals surface area contributed by atoms with E-state index >= 15 is 0 Å². The number of nitrogens with one attached hydrogen (secondary N) is 1. The van der Waals surface area contributed by atoms with Crippen LogP contribution in [0.15, 0.2) is 114 Å². The van der Waals surface area contributed by atoms with Gasteiger partial charge in [0.1, 0.15) is 11.8 Å². The first-order chi connectivity index (χ1) is 20.7. The Morgan fingerprint density at radius 3 is 2.36 bits per heavy atom.